The predicted molar refractivity (Wildman–Crippen MR) is 93.8 cm³/mol. The van der Waals surface area contributed by atoms with Crippen LogP contribution in [0.4, 0.5) is 14.9 Å². The third-order valence-electron chi connectivity index (χ3n) is 4.43. The maximum Gasteiger partial charge on any atom is 0.321 e. The molecule has 1 unspecified atom stereocenters. The van der Waals surface area contributed by atoms with Crippen molar-refractivity contribution < 1.29 is 14.0 Å². The lowest BCUT2D eigenvalue weighted by molar-refractivity contribution is 0.0996. The monoisotopic (exact) mass is 341 g/mol. The van der Waals surface area contributed by atoms with Gasteiger partial charge in [-0.3, -0.25) is 4.79 Å². The summed E-state index contributed by atoms with van der Waals surface area (Å²) in [5, 5.41) is 2.67. The van der Waals surface area contributed by atoms with Gasteiger partial charge in [-0.1, -0.05) is 30.3 Å². The molecule has 5 nitrogen and oxygen atoms in total. The number of carbonyl (C=O) groups excluding carboxylic acids is 2. The van der Waals surface area contributed by atoms with E-state index in [4.69, 9.17) is 5.73 Å². The molecule has 1 saturated heterocycles. The van der Waals surface area contributed by atoms with Crippen LogP contribution in [-0.4, -0.2) is 29.9 Å². The number of likely N-dealkylation sites (tertiary alicyclic amines) is 1. The van der Waals surface area contributed by atoms with Crippen LogP contribution < -0.4 is 11.1 Å². The minimum Gasteiger partial charge on any atom is -0.366 e. The molecule has 0 bridgehead atoms. The van der Waals surface area contributed by atoms with Gasteiger partial charge in [0.15, 0.2) is 0 Å². The van der Waals surface area contributed by atoms with E-state index >= 15 is 0 Å². The minimum absolute atomic E-state index is 0.193. The van der Waals surface area contributed by atoms with Gasteiger partial charge in [-0.25, -0.2) is 9.18 Å². The van der Waals surface area contributed by atoms with Crippen molar-refractivity contribution >= 4 is 17.6 Å². The summed E-state index contributed by atoms with van der Waals surface area (Å²) in [5.41, 5.74) is 6.44. The zero-order valence-corrected chi connectivity index (χ0v) is 13.7. The van der Waals surface area contributed by atoms with Gasteiger partial charge in [0.05, 0.1) is 5.56 Å². The van der Waals surface area contributed by atoms with Crippen molar-refractivity contribution in [3.8, 4) is 0 Å². The first-order valence-corrected chi connectivity index (χ1v) is 8.22. The van der Waals surface area contributed by atoms with Crippen LogP contribution in [-0.2, 0) is 6.42 Å². The zero-order valence-electron chi connectivity index (χ0n) is 13.7. The second kappa shape index (κ2) is 7.34. The topological polar surface area (TPSA) is 75.4 Å². The first kappa shape index (κ1) is 17.0. The van der Waals surface area contributed by atoms with Crippen LogP contribution >= 0.6 is 0 Å². The van der Waals surface area contributed by atoms with E-state index in [0.717, 1.165) is 18.9 Å². The molecule has 1 aliphatic rings. The molecule has 0 spiro atoms. The molecule has 0 aromatic heterocycles. The van der Waals surface area contributed by atoms with Crippen molar-refractivity contribution in [3.63, 3.8) is 0 Å². The average Bonchev–Trinajstić information content (AvgIpc) is 3.04. The first-order chi connectivity index (χ1) is 12.0. The molecule has 130 valence electrons. The Labute approximate surface area is 145 Å². The van der Waals surface area contributed by atoms with E-state index in [-0.39, 0.29) is 11.6 Å². The maximum atomic E-state index is 13.8. The number of rotatable bonds is 4. The smallest absolute Gasteiger partial charge is 0.321 e. The van der Waals surface area contributed by atoms with Gasteiger partial charge >= 0.3 is 6.03 Å². The third-order valence-corrected chi connectivity index (χ3v) is 4.43. The molecule has 1 aliphatic heterocycles. The highest BCUT2D eigenvalue weighted by Crippen LogP contribution is 2.22. The Balaban J connectivity index is 1.57. The van der Waals surface area contributed by atoms with Crippen molar-refractivity contribution in [2.45, 2.75) is 12.8 Å². The normalized spacial score (nSPS) is 16.7. The van der Waals surface area contributed by atoms with E-state index in [1.165, 1.54) is 17.7 Å². The molecule has 1 fully saturated rings. The molecule has 3 rings (SSSR count). The number of benzene rings is 2. The highest BCUT2D eigenvalue weighted by atomic mass is 19.1. The Morgan fingerprint density at radius 2 is 1.96 bits per heavy atom. The van der Waals surface area contributed by atoms with E-state index < -0.39 is 11.7 Å². The third kappa shape index (κ3) is 4.15. The first-order valence-electron chi connectivity index (χ1n) is 8.22. The number of amides is 3. The summed E-state index contributed by atoms with van der Waals surface area (Å²) in [5.74, 6) is -1.16. The average molecular weight is 341 g/mol. The Kier molecular flexibility index (Phi) is 4.97. The standard InChI is InChI=1S/C19H20FN3O2/c20-17-11-15(6-7-16(17)18(21)24)22-19(25)23-9-8-14(12-23)10-13-4-2-1-3-5-13/h1-7,11,14H,8-10,12H2,(H2,21,24)(H,22,25). The number of hydrogen-bond acceptors (Lipinski definition) is 2. The SMILES string of the molecule is NC(=O)c1ccc(NC(=O)N2CCC(Cc3ccccc3)C2)cc1F. The summed E-state index contributed by atoms with van der Waals surface area (Å²) in [6.45, 7) is 1.34. The molecule has 0 saturated carbocycles. The number of halogens is 1. The lowest BCUT2D eigenvalue weighted by Crippen LogP contribution is -2.33. The summed E-state index contributed by atoms with van der Waals surface area (Å²) in [6, 6.07) is 13.8. The van der Waals surface area contributed by atoms with E-state index in [0.29, 0.717) is 24.7 Å². The van der Waals surface area contributed by atoms with Crippen LogP contribution in [0.2, 0.25) is 0 Å². The van der Waals surface area contributed by atoms with Gasteiger partial charge in [-0.2, -0.15) is 0 Å². The van der Waals surface area contributed by atoms with Gasteiger partial charge in [0.25, 0.3) is 5.91 Å². The Bertz CT molecular complexity index is 779. The maximum absolute atomic E-state index is 13.8. The van der Waals surface area contributed by atoms with Crippen LogP contribution in [0.1, 0.15) is 22.3 Å². The zero-order chi connectivity index (χ0) is 17.8. The molecule has 0 radical (unpaired) electrons. The van der Waals surface area contributed by atoms with Crippen LogP contribution in [0.3, 0.4) is 0 Å². The van der Waals surface area contributed by atoms with Crippen LogP contribution in [0.15, 0.2) is 48.5 Å². The van der Waals surface area contributed by atoms with Crippen LogP contribution in [0, 0.1) is 11.7 Å². The van der Waals surface area contributed by atoms with E-state index in [1.807, 2.05) is 18.2 Å². The largest absolute Gasteiger partial charge is 0.366 e. The molecule has 6 heteroatoms. The predicted octanol–water partition coefficient (Wildman–Crippen LogP) is 3.02. The molecule has 25 heavy (non-hydrogen) atoms. The molecular formula is C19H20FN3O2. The van der Waals surface area contributed by atoms with Crippen molar-refractivity contribution in [2.75, 3.05) is 18.4 Å². The molecule has 1 heterocycles. The van der Waals surface area contributed by atoms with Crippen molar-refractivity contribution in [1.29, 1.82) is 0 Å². The molecule has 3 amide bonds. The number of nitrogens with one attached hydrogen (secondary N) is 1. The van der Waals surface area contributed by atoms with E-state index in [9.17, 15) is 14.0 Å². The Morgan fingerprint density at radius 1 is 1.20 bits per heavy atom. The van der Waals surface area contributed by atoms with Crippen molar-refractivity contribution in [1.82, 2.24) is 4.90 Å². The fourth-order valence-electron chi connectivity index (χ4n) is 3.13. The second-order valence-electron chi connectivity index (χ2n) is 6.28. The number of urea groups is 1. The van der Waals surface area contributed by atoms with Gasteiger partial charge in [-0.15, -0.1) is 0 Å². The number of nitrogens with zero attached hydrogens (tertiary/aromatic N) is 1. The van der Waals surface area contributed by atoms with Gasteiger partial charge < -0.3 is 16.0 Å². The van der Waals surface area contributed by atoms with E-state index in [2.05, 4.69) is 17.4 Å². The molecular weight excluding hydrogens is 321 g/mol. The summed E-state index contributed by atoms with van der Waals surface area (Å²) in [4.78, 5) is 25.1. The lowest BCUT2D eigenvalue weighted by atomic mass is 9.99. The fraction of sp³-hybridized carbons (Fsp3) is 0.263. The number of primary amides is 1. The van der Waals surface area contributed by atoms with Crippen LogP contribution in [0.5, 0.6) is 0 Å². The van der Waals surface area contributed by atoms with Gasteiger partial charge in [0.2, 0.25) is 0 Å². The summed E-state index contributed by atoms with van der Waals surface area (Å²) >= 11 is 0. The summed E-state index contributed by atoms with van der Waals surface area (Å²) in [6.07, 6.45) is 1.88. The van der Waals surface area contributed by atoms with Gasteiger partial charge in [0, 0.05) is 18.8 Å². The van der Waals surface area contributed by atoms with Crippen molar-refractivity contribution in [2.24, 2.45) is 11.7 Å². The number of carbonyl (C=O) groups is 2. The molecule has 0 aliphatic carbocycles. The highest BCUT2D eigenvalue weighted by molar-refractivity contribution is 5.94. The molecule has 1 atom stereocenters. The number of anilines is 1. The number of nitrogens with two attached hydrogens (primary N) is 1. The quantitative estimate of drug-likeness (QED) is 0.897. The second-order valence-corrected chi connectivity index (χ2v) is 6.28. The summed E-state index contributed by atoms with van der Waals surface area (Å²) < 4.78 is 13.8. The van der Waals surface area contributed by atoms with Crippen LogP contribution in [0.25, 0.3) is 0 Å². The highest BCUT2D eigenvalue weighted by Gasteiger charge is 2.26. The Hall–Kier alpha value is -2.89. The molecule has 2 aromatic carbocycles. The lowest BCUT2D eigenvalue weighted by Gasteiger charge is -2.18. The van der Waals surface area contributed by atoms with Gasteiger partial charge in [0.1, 0.15) is 5.82 Å². The molecule has 2 aromatic rings. The minimum atomic E-state index is -0.835. The number of hydrogen-bond donors (Lipinski definition) is 2. The molecule has 3 N–H and O–H groups in total. The summed E-state index contributed by atoms with van der Waals surface area (Å²) in [7, 11) is 0. The Morgan fingerprint density at radius 3 is 2.64 bits per heavy atom. The van der Waals surface area contributed by atoms with Gasteiger partial charge in [-0.05, 0) is 42.5 Å². The van der Waals surface area contributed by atoms with E-state index in [1.54, 1.807) is 4.90 Å². The fourth-order valence-corrected chi connectivity index (χ4v) is 3.13. The van der Waals surface area contributed by atoms with Crippen molar-refractivity contribution in [3.05, 3.63) is 65.5 Å².